The number of carbonyl (C=O) groups is 1. The Morgan fingerprint density at radius 1 is 1.50 bits per heavy atom. The smallest absolute Gasteiger partial charge is 0.293 e. The first-order chi connectivity index (χ1) is 6.74. The zero-order valence-corrected chi connectivity index (χ0v) is 8.57. The van der Waals surface area contributed by atoms with Crippen molar-refractivity contribution in [2.24, 2.45) is 5.41 Å². The van der Waals surface area contributed by atoms with Crippen LogP contribution in [0.25, 0.3) is 0 Å². The molecule has 0 rings (SSSR count). The summed E-state index contributed by atoms with van der Waals surface area (Å²) in [5.41, 5.74) is -0.482. The number of ether oxygens (including phenoxy) is 2. The van der Waals surface area contributed by atoms with Gasteiger partial charge in [-0.05, 0) is 6.42 Å². The minimum absolute atomic E-state index is 0.0610. The molecule has 0 aromatic carbocycles. The van der Waals surface area contributed by atoms with Crippen LogP contribution in [0.3, 0.4) is 0 Å². The fourth-order valence-electron chi connectivity index (χ4n) is 1.02. The molecule has 0 fully saturated rings. The van der Waals surface area contributed by atoms with E-state index in [2.05, 4.69) is 11.3 Å². The van der Waals surface area contributed by atoms with Crippen LogP contribution in [-0.2, 0) is 14.3 Å². The van der Waals surface area contributed by atoms with Gasteiger partial charge in [0, 0.05) is 0 Å². The van der Waals surface area contributed by atoms with Crippen LogP contribution in [0, 0.1) is 5.41 Å². The first kappa shape index (κ1) is 13.1. The predicted molar refractivity (Wildman–Crippen MR) is 52.8 cm³/mol. The minimum Gasteiger partial charge on any atom is -0.467 e. The molecule has 0 spiro atoms. The Morgan fingerprint density at radius 3 is 2.64 bits per heavy atom. The van der Waals surface area contributed by atoms with Crippen molar-refractivity contribution in [3.8, 4) is 0 Å². The lowest BCUT2D eigenvalue weighted by atomic mass is 9.88. The Labute approximate surface area is 84.5 Å². The van der Waals surface area contributed by atoms with E-state index < -0.39 is 5.41 Å². The van der Waals surface area contributed by atoms with E-state index in [1.807, 2.05) is 6.92 Å². The third-order valence-electron chi connectivity index (χ3n) is 2.19. The second kappa shape index (κ2) is 7.53. The van der Waals surface area contributed by atoms with E-state index in [9.17, 15) is 9.90 Å². The zero-order valence-electron chi connectivity index (χ0n) is 8.57. The maximum atomic E-state index is 10.1. The summed E-state index contributed by atoms with van der Waals surface area (Å²) < 4.78 is 9.92. The van der Waals surface area contributed by atoms with Gasteiger partial charge in [-0.2, -0.15) is 0 Å². The Kier molecular flexibility index (Phi) is 7.06. The fraction of sp³-hybridized carbons (Fsp3) is 0.700. The van der Waals surface area contributed by atoms with E-state index in [4.69, 9.17) is 4.74 Å². The number of aliphatic hydroxyl groups excluding tert-OH is 1. The Balaban J connectivity index is 4.05. The normalized spacial score (nSPS) is 14.4. The maximum absolute atomic E-state index is 10.1. The van der Waals surface area contributed by atoms with Crippen LogP contribution in [0.1, 0.15) is 13.3 Å². The van der Waals surface area contributed by atoms with Gasteiger partial charge >= 0.3 is 0 Å². The van der Waals surface area contributed by atoms with Gasteiger partial charge in [0.15, 0.2) is 0 Å². The standard InChI is InChI=1S/C10H18O4/c1-3-5-13-7-10(4-2,6-11)8-14-9-12/h3,9,11H,1,4-8H2,2H3. The molecule has 4 nitrogen and oxygen atoms in total. The highest BCUT2D eigenvalue weighted by Gasteiger charge is 2.28. The van der Waals surface area contributed by atoms with Crippen LogP contribution in [0.2, 0.25) is 0 Å². The van der Waals surface area contributed by atoms with Crippen molar-refractivity contribution < 1.29 is 19.4 Å². The lowest BCUT2D eigenvalue weighted by molar-refractivity contribution is -0.135. The van der Waals surface area contributed by atoms with Crippen molar-refractivity contribution in [1.29, 1.82) is 0 Å². The van der Waals surface area contributed by atoms with Gasteiger partial charge in [0.2, 0.25) is 0 Å². The van der Waals surface area contributed by atoms with Crippen molar-refractivity contribution in [3.63, 3.8) is 0 Å². The van der Waals surface area contributed by atoms with Gasteiger partial charge in [-0.1, -0.05) is 13.0 Å². The summed E-state index contributed by atoms with van der Waals surface area (Å²) in [6, 6.07) is 0. The van der Waals surface area contributed by atoms with Crippen molar-refractivity contribution in [3.05, 3.63) is 12.7 Å². The van der Waals surface area contributed by atoms with Gasteiger partial charge in [0.25, 0.3) is 6.47 Å². The van der Waals surface area contributed by atoms with Crippen molar-refractivity contribution in [2.45, 2.75) is 13.3 Å². The van der Waals surface area contributed by atoms with Crippen LogP contribution in [0.15, 0.2) is 12.7 Å². The molecule has 1 unspecified atom stereocenters. The lowest BCUT2D eigenvalue weighted by Gasteiger charge is -2.28. The van der Waals surface area contributed by atoms with Crippen molar-refractivity contribution in [1.82, 2.24) is 0 Å². The molecule has 0 aromatic rings. The van der Waals surface area contributed by atoms with Gasteiger partial charge in [-0.25, -0.2) is 0 Å². The number of hydrogen-bond acceptors (Lipinski definition) is 4. The fourth-order valence-corrected chi connectivity index (χ4v) is 1.02. The second-order valence-corrected chi connectivity index (χ2v) is 3.22. The molecule has 4 heteroatoms. The average Bonchev–Trinajstić information content (AvgIpc) is 2.24. The second-order valence-electron chi connectivity index (χ2n) is 3.22. The summed E-state index contributed by atoms with van der Waals surface area (Å²) in [6.45, 7) is 6.73. The van der Waals surface area contributed by atoms with Gasteiger partial charge < -0.3 is 14.6 Å². The number of aliphatic hydroxyl groups is 1. The highest BCUT2D eigenvalue weighted by atomic mass is 16.5. The summed E-state index contributed by atoms with van der Waals surface area (Å²) in [5, 5.41) is 9.20. The van der Waals surface area contributed by atoms with Crippen LogP contribution >= 0.6 is 0 Å². The van der Waals surface area contributed by atoms with E-state index in [1.165, 1.54) is 0 Å². The highest BCUT2D eigenvalue weighted by Crippen LogP contribution is 2.21. The largest absolute Gasteiger partial charge is 0.467 e. The molecule has 0 aromatic heterocycles. The maximum Gasteiger partial charge on any atom is 0.293 e. The molecular formula is C10H18O4. The molecule has 0 bridgehead atoms. The van der Waals surface area contributed by atoms with Crippen LogP contribution < -0.4 is 0 Å². The van der Waals surface area contributed by atoms with Crippen LogP contribution in [0.5, 0.6) is 0 Å². The molecule has 1 atom stereocenters. The summed E-state index contributed by atoms with van der Waals surface area (Å²) in [4.78, 5) is 10.1. The quantitative estimate of drug-likeness (QED) is 0.340. The number of hydrogen-bond donors (Lipinski definition) is 1. The Bertz CT molecular complexity index is 164. The molecule has 0 saturated heterocycles. The van der Waals surface area contributed by atoms with Crippen molar-refractivity contribution >= 4 is 6.47 Å². The predicted octanol–water partition coefficient (Wildman–Crippen LogP) is 0.751. The van der Waals surface area contributed by atoms with Gasteiger partial charge in [-0.15, -0.1) is 6.58 Å². The van der Waals surface area contributed by atoms with Crippen LogP contribution in [0.4, 0.5) is 0 Å². The van der Waals surface area contributed by atoms with E-state index in [-0.39, 0.29) is 13.2 Å². The van der Waals surface area contributed by atoms with E-state index in [1.54, 1.807) is 6.08 Å². The van der Waals surface area contributed by atoms with Gasteiger partial charge in [0.1, 0.15) is 6.61 Å². The van der Waals surface area contributed by atoms with E-state index in [0.29, 0.717) is 26.1 Å². The SMILES string of the molecule is C=CCOCC(CC)(CO)COC=O. The topological polar surface area (TPSA) is 55.8 Å². The highest BCUT2D eigenvalue weighted by molar-refractivity contribution is 5.37. The molecule has 82 valence electrons. The van der Waals surface area contributed by atoms with Crippen molar-refractivity contribution in [2.75, 3.05) is 26.4 Å². The molecule has 0 heterocycles. The van der Waals surface area contributed by atoms with Crippen LogP contribution in [-0.4, -0.2) is 38.0 Å². The third-order valence-corrected chi connectivity index (χ3v) is 2.19. The van der Waals surface area contributed by atoms with Gasteiger partial charge in [0.05, 0.1) is 25.2 Å². The first-order valence-electron chi connectivity index (χ1n) is 4.59. The minimum atomic E-state index is -0.482. The van der Waals surface area contributed by atoms with E-state index in [0.717, 1.165) is 0 Å². The molecule has 14 heavy (non-hydrogen) atoms. The summed E-state index contributed by atoms with van der Waals surface area (Å²) in [5.74, 6) is 0. The Hall–Kier alpha value is -0.870. The monoisotopic (exact) mass is 202 g/mol. The molecule has 0 radical (unpaired) electrons. The molecule has 0 aliphatic carbocycles. The lowest BCUT2D eigenvalue weighted by Crippen LogP contribution is -2.35. The third kappa shape index (κ3) is 4.39. The molecular weight excluding hydrogens is 184 g/mol. The first-order valence-corrected chi connectivity index (χ1v) is 4.59. The molecule has 1 N–H and O–H groups in total. The summed E-state index contributed by atoms with van der Waals surface area (Å²) in [6.07, 6.45) is 2.33. The number of carbonyl (C=O) groups excluding carboxylic acids is 1. The number of rotatable bonds is 9. The molecule has 0 amide bonds. The van der Waals surface area contributed by atoms with E-state index >= 15 is 0 Å². The summed E-state index contributed by atoms with van der Waals surface area (Å²) in [7, 11) is 0. The average molecular weight is 202 g/mol. The molecule has 0 saturated carbocycles. The molecule has 0 aliphatic rings. The van der Waals surface area contributed by atoms with Gasteiger partial charge in [-0.3, -0.25) is 4.79 Å². The summed E-state index contributed by atoms with van der Waals surface area (Å²) >= 11 is 0. The molecule has 0 aliphatic heterocycles. The zero-order chi connectivity index (χ0) is 10.9. The Morgan fingerprint density at radius 2 is 2.21 bits per heavy atom.